The van der Waals surface area contributed by atoms with E-state index in [2.05, 4.69) is 67.7 Å². The molecule has 0 bridgehead atoms. The van der Waals surface area contributed by atoms with E-state index in [4.69, 9.17) is 4.42 Å². The van der Waals surface area contributed by atoms with Crippen molar-refractivity contribution < 1.29 is 4.42 Å². The first kappa shape index (κ1) is 19.5. The van der Waals surface area contributed by atoms with Gasteiger partial charge in [-0.15, -0.1) is 0 Å². The molecule has 5 nitrogen and oxygen atoms in total. The zero-order valence-corrected chi connectivity index (χ0v) is 17.0. The van der Waals surface area contributed by atoms with Crippen molar-refractivity contribution in [2.24, 2.45) is 10.9 Å². The van der Waals surface area contributed by atoms with Crippen LogP contribution in [0, 0.1) is 19.8 Å². The lowest BCUT2D eigenvalue weighted by molar-refractivity contribution is 0.460. The smallest absolute Gasteiger partial charge is 0.214 e. The Bertz CT molecular complexity index is 692. The number of aryl methyl sites for hydroxylation is 2. The van der Waals surface area contributed by atoms with Crippen LogP contribution in [-0.2, 0) is 13.0 Å². The van der Waals surface area contributed by atoms with Gasteiger partial charge in [-0.25, -0.2) is 4.98 Å². The molecule has 1 atom stereocenters. The quantitative estimate of drug-likeness (QED) is 0.538. The van der Waals surface area contributed by atoms with Gasteiger partial charge < -0.3 is 15.1 Å². The maximum Gasteiger partial charge on any atom is 0.214 e. The van der Waals surface area contributed by atoms with Crippen LogP contribution in [0.4, 0.5) is 0 Å². The Morgan fingerprint density at radius 2 is 2.12 bits per heavy atom. The van der Waals surface area contributed by atoms with Crippen molar-refractivity contribution in [3.8, 4) is 0 Å². The average molecular weight is 407 g/mol. The molecule has 0 amide bonds. The second-order valence-corrected chi connectivity index (χ2v) is 7.08. The highest BCUT2D eigenvalue weighted by molar-refractivity contribution is 9.10. The normalized spacial score (nSPS) is 12.9. The average Bonchev–Trinajstić information content (AvgIpc) is 2.92. The molecule has 25 heavy (non-hydrogen) atoms. The number of nitrogens with one attached hydrogen (secondary N) is 2. The summed E-state index contributed by atoms with van der Waals surface area (Å²) in [6.07, 6.45) is 2.15. The molecule has 0 aliphatic carbocycles. The summed E-state index contributed by atoms with van der Waals surface area (Å²) in [6.45, 7) is 7.48. The lowest BCUT2D eigenvalue weighted by Gasteiger charge is -2.18. The number of aromatic nitrogens is 1. The second kappa shape index (κ2) is 9.61. The van der Waals surface area contributed by atoms with Crippen LogP contribution >= 0.6 is 15.9 Å². The molecule has 0 aliphatic rings. The van der Waals surface area contributed by atoms with E-state index in [1.807, 2.05) is 13.8 Å². The number of hydrogen-bond acceptors (Lipinski definition) is 3. The van der Waals surface area contributed by atoms with Crippen LogP contribution in [0.3, 0.4) is 0 Å². The van der Waals surface area contributed by atoms with Gasteiger partial charge in [-0.3, -0.25) is 4.99 Å². The van der Waals surface area contributed by atoms with Gasteiger partial charge in [-0.2, -0.15) is 0 Å². The van der Waals surface area contributed by atoms with Gasteiger partial charge >= 0.3 is 0 Å². The number of nitrogens with zero attached hydrogens (tertiary/aromatic N) is 2. The van der Waals surface area contributed by atoms with Crippen molar-refractivity contribution in [1.82, 2.24) is 15.6 Å². The fourth-order valence-electron chi connectivity index (χ4n) is 2.59. The van der Waals surface area contributed by atoms with Crippen molar-refractivity contribution >= 4 is 21.9 Å². The fourth-order valence-corrected chi connectivity index (χ4v) is 3.04. The van der Waals surface area contributed by atoms with E-state index in [-0.39, 0.29) is 0 Å². The molecule has 0 aliphatic heterocycles. The van der Waals surface area contributed by atoms with Crippen molar-refractivity contribution in [1.29, 1.82) is 0 Å². The lowest BCUT2D eigenvalue weighted by Crippen LogP contribution is -2.39. The van der Waals surface area contributed by atoms with Crippen LogP contribution in [-0.4, -0.2) is 24.5 Å². The number of aliphatic imine (C=N–C) groups is 1. The van der Waals surface area contributed by atoms with Crippen molar-refractivity contribution in [2.75, 3.05) is 13.6 Å². The van der Waals surface area contributed by atoms with Gasteiger partial charge in [0.1, 0.15) is 5.76 Å². The highest BCUT2D eigenvalue weighted by atomic mass is 79.9. The Kier molecular flexibility index (Phi) is 7.50. The number of rotatable bonds is 7. The van der Waals surface area contributed by atoms with E-state index in [1.165, 1.54) is 5.56 Å². The summed E-state index contributed by atoms with van der Waals surface area (Å²) in [6, 6.07) is 8.50. The number of guanidine groups is 1. The SMILES string of the molecule is CCC(CNC(=NC)NCc1nc(C)c(C)o1)Cc1cccc(Br)c1. The lowest BCUT2D eigenvalue weighted by atomic mass is 9.97. The molecule has 1 unspecified atom stereocenters. The van der Waals surface area contributed by atoms with Gasteiger partial charge in [-0.05, 0) is 43.9 Å². The third-order valence-electron chi connectivity index (χ3n) is 4.25. The Labute approximate surface area is 158 Å². The third kappa shape index (κ3) is 6.20. The highest BCUT2D eigenvalue weighted by Crippen LogP contribution is 2.16. The molecule has 0 radical (unpaired) electrons. The van der Waals surface area contributed by atoms with E-state index >= 15 is 0 Å². The van der Waals surface area contributed by atoms with Gasteiger partial charge in [0.2, 0.25) is 5.89 Å². The molecule has 0 fully saturated rings. The molecule has 2 rings (SSSR count). The Morgan fingerprint density at radius 3 is 2.72 bits per heavy atom. The molecule has 1 aromatic heterocycles. The molecular weight excluding hydrogens is 380 g/mol. The van der Waals surface area contributed by atoms with Crippen molar-refractivity contribution in [3.63, 3.8) is 0 Å². The summed E-state index contributed by atoms with van der Waals surface area (Å²) in [5.41, 5.74) is 2.27. The maximum atomic E-state index is 5.59. The van der Waals surface area contributed by atoms with E-state index in [9.17, 15) is 0 Å². The highest BCUT2D eigenvalue weighted by Gasteiger charge is 2.10. The molecule has 1 heterocycles. The molecule has 1 aromatic carbocycles. The summed E-state index contributed by atoms with van der Waals surface area (Å²) in [5.74, 6) is 2.85. The second-order valence-electron chi connectivity index (χ2n) is 6.16. The standard InChI is InChI=1S/C19H27BrN4O/c1-5-15(9-16-7-6-8-17(20)10-16)11-22-19(21-4)23-12-18-24-13(2)14(3)25-18/h6-8,10,15H,5,9,11-12H2,1-4H3,(H2,21,22,23). The Morgan fingerprint density at radius 1 is 1.32 bits per heavy atom. The first-order chi connectivity index (χ1) is 12.0. The minimum absolute atomic E-state index is 0.525. The Balaban J connectivity index is 1.83. The van der Waals surface area contributed by atoms with E-state index in [1.54, 1.807) is 7.05 Å². The summed E-state index contributed by atoms with van der Waals surface area (Å²) < 4.78 is 6.71. The Hall–Kier alpha value is -1.82. The van der Waals surface area contributed by atoms with Gasteiger partial charge in [0.15, 0.2) is 5.96 Å². The predicted octanol–water partition coefficient (Wildman–Crippen LogP) is 3.99. The van der Waals surface area contributed by atoms with Gasteiger partial charge in [-0.1, -0.05) is 41.4 Å². The van der Waals surface area contributed by atoms with Crippen LogP contribution in [0.25, 0.3) is 0 Å². The topological polar surface area (TPSA) is 62.5 Å². The van der Waals surface area contributed by atoms with Gasteiger partial charge in [0.05, 0.1) is 12.2 Å². The van der Waals surface area contributed by atoms with E-state index in [0.29, 0.717) is 18.4 Å². The minimum Gasteiger partial charge on any atom is -0.444 e. The minimum atomic E-state index is 0.525. The predicted molar refractivity (Wildman–Crippen MR) is 106 cm³/mol. The number of oxazole rings is 1. The van der Waals surface area contributed by atoms with E-state index < -0.39 is 0 Å². The molecule has 2 N–H and O–H groups in total. The summed E-state index contributed by atoms with van der Waals surface area (Å²) >= 11 is 3.54. The summed E-state index contributed by atoms with van der Waals surface area (Å²) in [7, 11) is 1.77. The summed E-state index contributed by atoms with van der Waals surface area (Å²) in [4.78, 5) is 8.65. The first-order valence-electron chi connectivity index (χ1n) is 8.63. The number of benzene rings is 1. The van der Waals surface area contributed by atoms with Crippen LogP contribution in [0.2, 0.25) is 0 Å². The zero-order chi connectivity index (χ0) is 18.2. The molecule has 0 saturated carbocycles. The number of halogens is 1. The zero-order valence-electron chi connectivity index (χ0n) is 15.4. The van der Waals surface area contributed by atoms with E-state index in [0.717, 1.165) is 41.3 Å². The monoisotopic (exact) mass is 406 g/mol. The van der Waals surface area contributed by atoms with Crippen LogP contribution < -0.4 is 10.6 Å². The summed E-state index contributed by atoms with van der Waals surface area (Å²) in [5, 5.41) is 6.66. The molecular formula is C19H27BrN4O. The number of hydrogen-bond donors (Lipinski definition) is 2. The molecule has 2 aromatic rings. The third-order valence-corrected chi connectivity index (χ3v) is 4.75. The molecule has 0 spiro atoms. The van der Waals surface area contributed by atoms with Crippen LogP contribution in [0.1, 0.15) is 36.3 Å². The van der Waals surface area contributed by atoms with Gasteiger partial charge in [0, 0.05) is 18.1 Å². The van der Waals surface area contributed by atoms with Gasteiger partial charge in [0.25, 0.3) is 0 Å². The molecule has 6 heteroatoms. The first-order valence-corrected chi connectivity index (χ1v) is 9.43. The molecule has 0 saturated heterocycles. The largest absolute Gasteiger partial charge is 0.444 e. The molecule has 136 valence electrons. The fraction of sp³-hybridized carbons (Fsp3) is 0.474. The van der Waals surface area contributed by atoms with Crippen molar-refractivity contribution in [3.05, 3.63) is 51.6 Å². The maximum absolute atomic E-state index is 5.59. The van der Waals surface area contributed by atoms with Crippen molar-refractivity contribution in [2.45, 2.75) is 40.2 Å². The van der Waals surface area contributed by atoms with Crippen LogP contribution in [0.5, 0.6) is 0 Å². The van der Waals surface area contributed by atoms with Crippen LogP contribution in [0.15, 0.2) is 38.1 Å².